The van der Waals surface area contributed by atoms with E-state index in [9.17, 15) is 9.90 Å². The quantitative estimate of drug-likeness (QED) is 0.826. The molecule has 2 aromatic rings. The van der Waals surface area contributed by atoms with Crippen molar-refractivity contribution in [2.24, 2.45) is 7.05 Å². The minimum Gasteiger partial charge on any atom is -0.383 e. The van der Waals surface area contributed by atoms with Crippen molar-refractivity contribution in [3.63, 3.8) is 0 Å². The second-order valence-corrected chi connectivity index (χ2v) is 6.11. The standard InChI is InChI=1S/C17H20ClN3O2/c1-12(14-6-4-5-7-15(14)18)8-16(22)19-11-17(2,23)13-9-20-21(3)10-13/h4-10,23H,11H2,1-3H3,(H,19,22). The Balaban J connectivity index is 2.02. The number of hydrogen-bond donors (Lipinski definition) is 2. The number of aromatic nitrogens is 2. The lowest BCUT2D eigenvalue weighted by atomic mass is 9.99. The van der Waals surface area contributed by atoms with Gasteiger partial charge in [0.1, 0.15) is 5.60 Å². The van der Waals surface area contributed by atoms with Gasteiger partial charge in [-0.2, -0.15) is 5.10 Å². The Morgan fingerprint density at radius 3 is 2.78 bits per heavy atom. The highest BCUT2D eigenvalue weighted by atomic mass is 35.5. The molecular weight excluding hydrogens is 314 g/mol. The van der Waals surface area contributed by atoms with Gasteiger partial charge in [-0.05, 0) is 31.1 Å². The zero-order valence-corrected chi connectivity index (χ0v) is 14.1. The van der Waals surface area contributed by atoms with Crippen LogP contribution in [0.25, 0.3) is 5.57 Å². The number of hydrogen-bond acceptors (Lipinski definition) is 3. The van der Waals surface area contributed by atoms with Gasteiger partial charge >= 0.3 is 0 Å². The topological polar surface area (TPSA) is 67.2 Å². The van der Waals surface area contributed by atoms with Crippen LogP contribution in [-0.2, 0) is 17.4 Å². The maximum Gasteiger partial charge on any atom is 0.244 e. The molecule has 2 N–H and O–H groups in total. The number of nitrogens with zero attached hydrogens (tertiary/aromatic N) is 2. The molecule has 122 valence electrons. The van der Waals surface area contributed by atoms with E-state index in [2.05, 4.69) is 10.4 Å². The predicted octanol–water partition coefficient (Wildman–Crippen LogP) is 2.50. The van der Waals surface area contributed by atoms with Crippen LogP contribution in [0.2, 0.25) is 5.02 Å². The number of amides is 1. The van der Waals surface area contributed by atoms with Crippen LogP contribution in [0, 0.1) is 0 Å². The molecule has 1 amide bonds. The van der Waals surface area contributed by atoms with E-state index in [1.54, 1.807) is 37.1 Å². The summed E-state index contributed by atoms with van der Waals surface area (Å²) in [5.74, 6) is -0.286. The Bertz CT molecular complexity index is 735. The van der Waals surface area contributed by atoms with Crippen LogP contribution in [-0.4, -0.2) is 27.3 Å². The Kier molecular flexibility index (Phi) is 5.23. The largest absolute Gasteiger partial charge is 0.383 e. The smallest absolute Gasteiger partial charge is 0.244 e. The summed E-state index contributed by atoms with van der Waals surface area (Å²) in [7, 11) is 1.77. The predicted molar refractivity (Wildman–Crippen MR) is 90.9 cm³/mol. The number of benzene rings is 1. The van der Waals surface area contributed by atoms with Crippen molar-refractivity contribution < 1.29 is 9.90 Å². The molecule has 1 aromatic heterocycles. The number of carbonyl (C=O) groups excluding carboxylic acids is 1. The fraction of sp³-hybridized carbons (Fsp3) is 0.294. The van der Waals surface area contributed by atoms with E-state index in [1.807, 2.05) is 25.1 Å². The van der Waals surface area contributed by atoms with Crippen molar-refractivity contribution in [1.82, 2.24) is 15.1 Å². The fourth-order valence-corrected chi connectivity index (χ4v) is 2.45. The van der Waals surface area contributed by atoms with Gasteiger partial charge in [0.15, 0.2) is 0 Å². The van der Waals surface area contributed by atoms with Crippen LogP contribution in [0.1, 0.15) is 25.0 Å². The second kappa shape index (κ2) is 6.98. The van der Waals surface area contributed by atoms with Crippen molar-refractivity contribution in [1.29, 1.82) is 0 Å². The van der Waals surface area contributed by atoms with Crippen LogP contribution in [0.4, 0.5) is 0 Å². The van der Waals surface area contributed by atoms with Gasteiger partial charge in [0.25, 0.3) is 0 Å². The molecule has 0 aliphatic heterocycles. The third-order valence-electron chi connectivity index (χ3n) is 3.58. The number of halogens is 1. The molecule has 5 nitrogen and oxygen atoms in total. The van der Waals surface area contributed by atoms with Crippen LogP contribution < -0.4 is 5.32 Å². The molecule has 0 radical (unpaired) electrons. The molecule has 0 spiro atoms. The second-order valence-electron chi connectivity index (χ2n) is 5.70. The average Bonchev–Trinajstić information content (AvgIpc) is 2.93. The molecule has 1 aromatic carbocycles. The lowest BCUT2D eigenvalue weighted by Gasteiger charge is -2.21. The van der Waals surface area contributed by atoms with Crippen molar-refractivity contribution in [3.8, 4) is 0 Å². The molecule has 2 rings (SSSR count). The first-order chi connectivity index (χ1) is 10.8. The Morgan fingerprint density at radius 1 is 1.48 bits per heavy atom. The summed E-state index contributed by atoms with van der Waals surface area (Å²) in [4.78, 5) is 12.1. The molecule has 0 fully saturated rings. The van der Waals surface area contributed by atoms with E-state index in [0.29, 0.717) is 10.6 Å². The Labute approximate surface area is 140 Å². The third kappa shape index (κ3) is 4.43. The number of nitrogens with one attached hydrogen (secondary N) is 1. The summed E-state index contributed by atoms with van der Waals surface area (Å²) in [6, 6.07) is 7.33. The zero-order chi connectivity index (χ0) is 17.0. The van der Waals surface area contributed by atoms with Gasteiger partial charge in [0.2, 0.25) is 5.91 Å². The number of allylic oxidation sites excluding steroid dienone is 1. The maximum atomic E-state index is 12.1. The minimum atomic E-state index is -1.18. The molecule has 0 aliphatic rings. The van der Waals surface area contributed by atoms with Crippen molar-refractivity contribution in [2.45, 2.75) is 19.4 Å². The Hall–Kier alpha value is -2.11. The third-order valence-corrected chi connectivity index (χ3v) is 3.91. The SMILES string of the molecule is CC(=CC(=O)NCC(C)(O)c1cnn(C)c1)c1ccccc1Cl. The monoisotopic (exact) mass is 333 g/mol. The molecule has 0 saturated carbocycles. The first-order valence-corrected chi connectivity index (χ1v) is 7.60. The summed E-state index contributed by atoms with van der Waals surface area (Å²) >= 11 is 6.11. The molecule has 1 unspecified atom stereocenters. The summed E-state index contributed by atoms with van der Waals surface area (Å²) in [6.07, 6.45) is 4.77. The molecule has 0 aliphatic carbocycles. The van der Waals surface area contributed by atoms with Gasteiger partial charge in [-0.1, -0.05) is 29.8 Å². The number of carbonyl (C=O) groups is 1. The first kappa shape index (κ1) is 17.2. The molecule has 0 saturated heterocycles. The normalized spacial score (nSPS) is 14.4. The van der Waals surface area contributed by atoms with E-state index in [1.165, 1.54) is 6.08 Å². The number of rotatable bonds is 5. The van der Waals surface area contributed by atoms with Crippen molar-refractivity contribution in [3.05, 3.63) is 58.9 Å². The minimum absolute atomic E-state index is 0.0871. The lowest BCUT2D eigenvalue weighted by Crippen LogP contribution is -2.37. The molecule has 23 heavy (non-hydrogen) atoms. The molecular formula is C17H20ClN3O2. The summed E-state index contributed by atoms with van der Waals surface area (Å²) in [6.45, 7) is 3.54. The molecule has 1 heterocycles. The van der Waals surface area contributed by atoms with Gasteiger partial charge < -0.3 is 10.4 Å². The molecule has 1 atom stereocenters. The van der Waals surface area contributed by atoms with E-state index < -0.39 is 5.60 Å². The summed E-state index contributed by atoms with van der Waals surface area (Å²) in [5, 5.41) is 17.8. The van der Waals surface area contributed by atoms with Gasteiger partial charge in [-0.3, -0.25) is 9.48 Å². The number of aliphatic hydroxyl groups is 1. The average molecular weight is 334 g/mol. The summed E-state index contributed by atoms with van der Waals surface area (Å²) < 4.78 is 1.60. The Morgan fingerprint density at radius 2 is 2.17 bits per heavy atom. The highest BCUT2D eigenvalue weighted by Gasteiger charge is 2.25. The van der Waals surface area contributed by atoms with Gasteiger partial charge in [-0.15, -0.1) is 0 Å². The summed E-state index contributed by atoms with van der Waals surface area (Å²) in [5.41, 5.74) is 1.03. The molecule has 0 bridgehead atoms. The van der Waals surface area contributed by atoms with Crippen molar-refractivity contribution >= 4 is 23.1 Å². The van der Waals surface area contributed by atoms with Gasteiger partial charge in [0, 0.05) is 29.9 Å². The zero-order valence-electron chi connectivity index (χ0n) is 13.4. The van der Waals surface area contributed by atoms with E-state index in [0.717, 1.165) is 11.1 Å². The van der Waals surface area contributed by atoms with Crippen LogP contribution in [0.15, 0.2) is 42.7 Å². The number of aryl methyl sites for hydroxylation is 1. The fourth-order valence-electron chi connectivity index (χ4n) is 2.17. The van der Waals surface area contributed by atoms with E-state index in [4.69, 9.17) is 11.6 Å². The van der Waals surface area contributed by atoms with Gasteiger partial charge in [0.05, 0.1) is 12.7 Å². The van der Waals surface area contributed by atoms with Gasteiger partial charge in [-0.25, -0.2) is 0 Å². The highest BCUT2D eigenvalue weighted by Crippen LogP contribution is 2.23. The lowest BCUT2D eigenvalue weighted by molar-refractivity contribution is -0.117. The highest BCUT2D eigenvalue weighted by molar-refractivity contribution is 6.32. The first-order valence-electron chi connectivity index (χ1n) is 7.22. The van der Waals surface area contributed by atoms with Crippen LogP contribution >= 0.6 is 11.6 Å². The van der Waals surface area contributed by atoms with E-state index >= 15 is 0 Å². The van der Waals surface area contributed by atoms with E-state index in [-0.39, 0.29) is 12.5 Å². The van der Waals surface area contributed by atoms with Crippen molar-refractivity contribution in [2.75, 3.05) is 6.54 Å². The maximum absolute atomic E-state index is 12.1. The molecule has 6 heteroatoms. The van der Waals surface area contributed by atoms with Crippen LogP contribution in [0.3, 0.4) is 0 Å². The van der Waals surface area contributed by atoms with Crippen LogP contribution in [0.5, 0.6) is 0 Å².